The number of rotatable bonds is 6. The lowest BCUT2D eigenvalue weighted by Gasteiger charge is -2.30. The highest BCUT2D eigenvalue weighted by atomic mass is 16.5. The highest BCUT2D eigenvalue weighted by molar-refractivity contribution is 5.97. The molecule has 2 N–H and O–H groups in total. The van der Waals surface area contributed by atoms with Crippen LogP contribution in [0.3, 0.4) is 0 Å². The second-order valence-electron chi connectivity index (χ2n) is 13.7. The lowest BCUT2D eigenvalue weighted by Crippen LogP contribution is -2.44. The van der Waals surface area contributed by atoms with Gasteiger partial charge < -0.3 is 25.2 Å². The first-order valence-corrected chi connectivity index (χ1v) is 17.4. The number of nitrogens with zero attached hydrogens (tertiary/aromatic N) is 6. The molecule has 13 heteroatoms. The quantitative estimate of drug-likeness (QED) is 0.217. The van der Waals surface area contributed by atoms with E-state index in [0.717, 1.165) is 52.8 Å². The Morgan fingerprint density at radius 1 is 0.679 bits per heavy atom. The van der Waals surface area contributed by atoms with Crippen LogP contribution in [-0.4, -0.2) is 84.6 Å². The molecule has 270 valence electrons. The van der Waals surface area contributed by atoms with Gasteiger partial charge >= 0.3 is 0 Å². The van der Waals surface area contributed by atoms with Gasteiger partial charge in [-0.3, -0.25) is 19.2 Å². The van der Waals surface area contributed by atoms with Gasteiger partial charge in [0.1, 0.15) is 6.73 Å². The number of anilines is 2. The maximum Gasteiger partial charge on any atom is 0.256 e. The van der Waals surface area contributed by atoms with E-state index in [0.29, 0.717) is 36.1 Å². The van der Waals surface area contributed by atoms with E-state index >= 15 is 0 Å². The molecule has 0 aliphatic carbocycles. The minimum atomic E-state index is -0.306. The van der Waals surface area contributed by atoms with Gasteiger partial charge in [-0.05, 0) is 67.8 Å². The van der Waals surface area contributed by atoms with Crippen LogP contribution in [0.4, 0.5) is 11.6 Å². The molecule has 0 saturated carbocycles. The maximum atomic E-state index is 12.8. The van der Waals surface area contributed by atoms with E-state index in [2.05, 4.69) is 20.8 Å². The van der Waals surface area contributed by atoms with Crippen LogP contribution < -0.4 is 10.6 Å². The number of pyridine rings is 2. The molecule has 0 unspecified atom stereocenters. The number of amides is 4. The molecule has 0 bridgehead atoms. The van der Waals surface area contributed by atoms with Crippen LogP contribution in [0.5, 0.6) is 0 Å². The minimum Gasteiger partial charge on any atom is -0.359 e. The van der Waals surface area contributed by atoms with Crippen molar-refractivity contribution >= 4 is 46.3 Å². The highest BCUT2D eigenvalue weighted by Gasteiger charge is 2.37. The van der Waals surface area contributed by atoms with Gasteiger partial charge in [-0.2, -0.15) is 10.2 Å². The Morgan fingerprint density at radius 3 is 1.55 bits per heavy atom. The Bertz CT molecular complexity index is 2340. The van der Waals surface area contributed by atoms with Gasteiger partial charge in [0.05, 0.1) is 23.2 Å². The Kier molecular flexibility index (Phi) is 9.50. The van der Waals surface area contributed by atoms with Crippen molar-refractivity contribution in [1.29, 1.82) is 0 Å². The number of nitrogens with one attached hydrogen (secondary N) is 2. The van der Waals surface area contributed by atoms with Gasteiger partial charge in [-0.15, -0.1) is 0 Å². The summed E-state index contributed by atoms with van der Waals surface area (Å²) in [4.78, 5) is 51.2. The third-order valence-electron chi connectivity index (χ3n) is 9.29. The lowest BCUT2D eigenvalue weighted by molar-refractivity contribution is -0.115. The smallest absolute Gasteiger partial charge is 0.256 e. The van der Waals surface area contributed by atoms with Crippen molar-refractivity contribution in [1.82, 2.24) is 29.0 Å². The normalized spacial score (nSPS) is 14.7. The molecule has 2 fully saturated rings. The first-order chi connectivity index (χ1) is 25.5. The van der Waals surface area contributed by atoms with Crippen LogP contribution in [0.25, 0.3) is 33.3 Å². The average molecular weight is 713 g/mol. The number of aromatic nitrogens is 4. The zero-order chi connectivity index (χ0) is 37.3. The van der Waals surface area contributed by atoms with Crippen molar-refractivity contribution in [3.63, 3.8) is 0 Å². The summed E-state index contributed by atoms with van der Waals surface area (Å²) in [6.45, 7) is 9.46. The zero-order valence-electron chi connectivity index (χ0n) is 30.0. The molecule has 0 atom stereocenters. The summed E-state index contributed by atoms with van der Waals surface area (Å²) >= 11 is 0. The van der Waals surface area contributed by atoms with E-state index in [4.69, 9.17) is 4.74 Å². The summed E-state index contributed by atoms with van der Waals surface area (Å²) in [6, 6.07) is 26.6. The number of hydrogen-bond acceptors (Lipinski definition) is 7. The van der Waals surface area contributed by atoms with Gasteiger partial charge in [0.2, 0.25) is 11.8 Å². The van der Waals surface area contributed by atoms with Gasteiger partial charge in [0.15, 0.2) is 11.6 Å². The fourth-order valence-electron chi connectivity index (χ4n) is 6.42. The largest absolute Gasteiger partial charge is 0.359 e. The second-order valence-corrected chi connectivity index (χ2v) is 13.7. The summed E-state index contributed by atoms with van der Waals surface area (Å²) in [5, 5.41) is 14.1. The van der Waals surface area contributed by atoms with Crippen molar-refractivity contribution in [2.45, 2.75) is 39.7 Å². The van der Waals surface area contributed by atoms with Gasteiger partial charge in [-0.25, -0.2) is 9.03 Å². The monoisotopic (exact) mass is 712 g/mol. The van der Waals surface area contributed by atoms with E-state index in [1.807, 2.05) is 116 Å². The molecule has 0 radical (unpaired) electrons. The zero-order valence-corrected chi connectivity index (χ0v) is 30.0. The average Bonchev–Trinajstić information content (AvgIpc) is 3.82. The fourth-order valence-corrected chi connectivity index (χ4v) is 6.42. The van der Waals surface area contributed by atoms with Crippen molar-refractivity contribution in [2.24, 2.45) is 0 Å². The summed E-state index contributed by atoms with van der Waals surface area (Å²) in [7, 11) is 0. The molecule has 2 aromatic carbocycles. The SMILES string of the molecule is CC(=O)Nc1cc2c(-c3ccc(C(=O)N4CCC4)cc3)cccn2n1.CC(=O)Nc1cc2c(-c3ccc(C(=O)N4COCC4(C)C)cc3)cccn2n1. The van der Waals surface area contributed by atoms with Crippen molar-refractivity contribution in [3.8, 4) is 22.3 Å². The number of fused-ring (bicyclic) bond motifs is 2. The number of hydrogen-bond donors (Lipinski definition) is 2. The third-order valence-corrected chi connectivity index (χ3v) is 9.29. The van der Waals surface area contributed by atoms with Crippen LogP contribution in [0.2, 0.25) is 0 Å². The second kappa shape index (κ2) is 14.4. The molecular weight excluding hydrogens is 672 g/mol. The van der Waals surface area contributed by atoms with Crippen molar-refractivity contribution in [3.05, 3.63) is 108 Å². The fraction of sp³-hybridized carbons (Fsp3) is 0.250. The van der Waals surface area contributed by atoms with Crippen LogP contribution in [0, 0.1) is 0 Å². The Labute approximate surface area is 306 Å². The summed E-state index contributed by atoms with van der Waals surface area (Å²) in [5.74, 6) is 0.755. The van der Waals surface area contributed by atoms with E-state index in [1.165, 1.54) is 13.8 Å². The maximum absolute atomic E-state index is 12.8. The molecular formula is C40H40N8O5. The van der Waals surface area contributed by atoms with Crippen LogP contribution in [0.15, 0.2) is 97.3 Å². The van der Waals surface area contributed by atoms with Gasteiger partial charge in [0.25, 0.3) is 11.8 Å². The van der Waals surface area contributed by atoms with Crippen LogP contribution in [0.1, 0.15) is 54.8 Å². The van der Waals surface area contributed by atoms with E-state index in [1.54, 1.807) is 13.9 Å². The molecule has 6 heterocycles. The van der Waals surface area contributed by atoms with Gasteiger partial charge in [0, 0.05) is 73.7 Å². The molecule has 4 amide bonds. The van der Waals surface area contributed by atoms with E-state index in [9.17, 15) is 19.2 Å². The lowest BCUT2D eigenvalue weighted by atomic mass is 10.0. The molecule has 8 rings (SSSR count). The molecule has 13 nitrogen and oxygen atoms in total. The predicted octanol–water partition coefficient (Wildman–Crippen LogP) is 5.97. The van der Waals surface area contributed by atoms with E-state index in [-0.39, 0.29) is 29.2 Å². The Morgan fingerprint density at radius 2 is 1.15 bits per heavy atom. The molecule has 2 aliphatic heterocycles. The summed E-state index contributed by atoms with van der Waals surface area (Å²) < 4.78 is 8.91. The number of carbonyl (C=O) groups is 4. The number of benzene rings is 2. The number of ether oxygens (including phenoxy) is 1. The van der Waals surface area contributed by atoms with E-state index < -0.39 is 0 Å². The summed E-state index contributed by atoms with van der Waals surface area (Å²) in [5.41, 5.74) is 6.73. The predicted molar refractivity (Wildman–Crippen MR) is 201 cm³/mol. The van der Waals surface area contributed by atoms with Gasteiger partial charge in [-0.1, -0.05) is 36.4 Å². The first-order valence-electron chi connectivity index (χ1n) is 17.4. The topological polar surface area (TPSA) is 143 Å². The standard InChI is InChI=1S/C21H22N4O3.C19H18N4O2/c1-14(26)22-19-11-18-17(5-4-10-25(18)23-19)15-6-8-16(9-7-15)20(27)24-13-28-12-21(24,2)3;1-13(24)20-18-12-17-16(4-2-11-23(17)21-18)14-5-7-15(8-6-14)19(25)22-9-3-10-22/h4-11H,12-13H2,1-3H3,(H,22,23,26);2,4-8,11-12H,3,9-10H2,1H3,(H,20,21,24). The first kappa shape index (κ1) is 35.1. The molecule has 2 aliphatic rings. The van der Waals surface area contributed by atoms with Crippen LogP contribution >= 0.6 is 0 Å². The third kappa shape index (κ3) is 7.37. The van der Waals surface area contributed by atoms with Crippen molar-refractivity contribution in [2.75, 3.05) is 37.1 Å². The summed E-state index contributed by atoms with van der Waals surface area (Å²) in [6.07, 6.45) is 4.76. The number of likely N-dealkylation sites (tertiary alicyclic amines) is 1. The molecule has 6 aromatic rings. The highest BCUT2D eigenvalue weighted by Crippen LogP contribution is 2.30. The Balaban J connectivity index is 0.000000165. The van der Waals surface area contributed by atoms with Crippen molar-refractivity contribution < 1.29 is 23.9 Å². The number of carbonyl (C=O) groups excluding carboxylic acids is 4. The minimum absolute atomic E-state index is 0.0374. The molecule has 0 spiro atoms. The molecule has 53 heavy (non-hydrogen) atoms. The molecule has 4 aromatic heterocycles. The molecule has 2 saturated heterocycles. The Hall–Kier alpha value is -6.34. The van der Waals surface area contributed by atoms with Crippen LogP contribution in [-0.2, 0) is 14.3 Å².